The van der Waals surface area contributed by atoms with Crippen LogP contribution in [0.5, 0.6) is 0 Å². The second-order valence-electron chi connectivity index (χ2n) is 3.27. The summed E-state index contributed by atoms with van der Waals surface area (Å²) in [4.78, 5) is 8.59. The van der Waals surface area contributed by atoms with Crippen molar-refractivity contribution in [1.29, 1.82) is 0 Å². The fraction of sp³-hybridized carbons (Fsp3) is 0.600. The van der Waals surface area contributed by atoms with E-state index in [0.717, 1.165) is 29.6 Å². The van der Waals surface area contributed by atoms with Gasteiger partial charge in [-0.3, -0.25) is 0 Å². The summed E-state index contributed by atoms with van der Waals surface area (Å²) < 4.78 is 0. The van der Waals surface area contributed by atoms with Crippen LogP contribution in [0.3, 0.4) is 0 Å². The maximum absolute atomic E-state index is 8.74. The Morgan fingerprint density at radius 1 is 1.13 bits per heavy atom. The van der Waals surface area contributed by atoms with Gasteiger partial charge in [-0.25, -0.2) is 9.97 Å². The fourth-order valence-electron chi connectivity index (χ4n) is 1.31. The number of aryl methyl sites for hydroxylation is 1. The molecule has 0 aliphatic rings. The van der Waals surface area contributed by atoms with Crippen molar-refractivity contribution < 1.29 is 5.11 Å². The summed E-state index contributed by atoms with van der Waals surface area (Å²) in [6, 6.07) is 0. The molecule has 84 valence electrons. The molecule has 1 aromatic heterocycles. The smallest absolute Gasteiger partial charge is 0.134 e. The highest BCUT2D eigenvalue weighted by Crippen LogP contribution is 2.19. The Bertz CT molecular complexity index is 327. The quantitative estimate of drug-likeness (QED) is 0.674. The summed E-state index contributed by atoms with van der Waals surface area (Å²) in [7, 11) is 0. The van der Waals surface area contributed by atoms with Gasteiger partial charge in [-0.1, -0.05) is 0 Å². The van der Waals surface area contributed by atoms with Crippen LogP contribution < -0.4 is 10.6 Å². The van der Waals surface area contributed by atoms with Crippen LogP contribution in [0.2, 0.25) is 0 Å². The van der Waals surface area contributed by atoms with E-state index in [9.17, 15) is 0 Å². The molecule has 1 heterocycles. The lowest BCUT2D eigenvalue weighted by Crippen LogP contribution is -2.12. The zero-order valence-corrected chi connectivity index (χ0v) is 9.46. The molecule has 0 saturated heterocycles. The number of aromatic nitrogens is 2. The third-order valence-electron chi connectivity index (χ3n) is 2.01. The Kier molecular flexibility index (Phi) is 4.30. The van der Waals surface area contributed by atoms with Gasteiger partial charge in [0.1, 0.15) is 17.5 Å². The number of nitrogens with one attached hydrogen (secondary N) is 2. The summed E-state index contributed by atoms with van der Waals surface area (Å²) in [6.07, 6.45) is 0. The molecule has 15 heavy (non-hydrogen) atoms. The zero-order chi connectivity index (χ0) is 11.3. The van der Waals surface area contributed by atoms with Gasteiger partial charge in [0.15, 0.2) is 0 Å². The molecule has 1 rings (SSSR count). The van der Waals surface area contributed by atoms with Gasteiger partial charge in [0.25, 0.3) is 0 Å². The summed E-state index contributed by atoms with van der Waals surface area (Å²) in [5, 5.41) is 15.0. The molecular weight excluding hydrogens is 192 g/mol. The Morgan fingerprint density at radius 2 is 1.73 bits per heavy atom. The first-order valence-corrected chi connectivity index (χ1v) is 5.12. The number of hydrogen-bond donors (Lipinski definition) is 3. The van der Waals surface area contributed by atoms with E-state index in [2.05, 4.69) is 20.6 Å². The molecule has 0 aliphatic heterocycles. The van der Waals surface area contributed by atoms with E-state index in [1.807, 2.05) is 20.8 Å². The van der Waals surface area contributed by atoms with Crippen molar-refractivity contribution in [2.75, 3.05) is 30.3 Å². The minimum absolute atomic E-state index is 0.0963. The van der Waals surface area contributed by atoms with E-state index in [1.165, 1.54) is 0 Å². The normalized spacial score (nSPS) is 10.1. The van der Waals surface area contributed by atoms with Gasteiger partial charge in [-0.2, -0.15) is 0 Å². The monoisotopic (exact) mass is 210 g/mol. The molecule has 0 fully saturated rings. The molecule has 0 amide bonds. The molecule has 3 N–H and O–H groups in total. The maximum Gasteiger partial charge on any atom is 0.134 e. The Morgan fingerprint density at radius 3 is 2.27 bits per heavy atom. The average molecular weight is 210 g/mol. The van der Waals surface area contributed by atoms with Crippen LogP contribution in [0.1, 0.15) is 18.3 Å². The van der Waals surface area contributed by atoms with Crippen molar-refractivity contribution in [2.45, 2.75) is 20.8 Å². The molecule has 0 aliphatic carbocycles. The van der Waals surface area contributed by atoms with Gasteiger partial charge in [0.2, 0.25) is 0 Å². The van der Waals surface area contributed by atoms with Gasteiger partial charge >= 0.3 is 0 Å². The fourth-order valence-corrected chi connectivity index (χ4v) is 1.31. The van der Waals surface area contributed by atoms with E-state index in [4.69, 9.17) is 5.11 Å². The summed E-state index contributed by atoms with van der Waals surface area (Å²) in [6.45, 7) is 7.26. The first kappa shape index (κ1) is 11.7. The molecular formula is C10H18N4O. The van der Waals surface area contributed by atoms with Crippen LogP contribution in [0, 0.1) is 13.8 Å². The van der Waals surface area contributed by atoms with E-state index >= 15 is 0 Å². The van der Waals surface area contributed by atoms with E-state index in [0.29, 0.717) is 6.54 Å². The van der Waals surface area contributed by atoms with E-state index in [-0.39, 0.29) is 6.61 Å². The van der Waals surface area contributed by atoms with Crippen molar-refractivity contribution in [1.82, 2.24) is 9.97 Å². The molecule has 5 heteroatoms. The van der Waals surface area contributed by atoms with Crippen LogP contribution in [0.25, 0.3) is 0 Å². The lowest BCUT2D eigenvalue weighted by atomic mass is 10.3. The van der Waals surface area contributed by atoms with Crippen LogP contribution >= 0.6 is 0 Å². The van der Waals surface area contributed by atoms with Crippen molar-refractivity contribution >= 4 is 11.6 Å². The van der Waals surface area contributed by atoms with Gasteiger partial charge in [0.05, 0.1) is 6.61 Å². The summed E-state index contributed by atoms with van der Waals surface area (Å²) in [5.74, 6) is 2.36. The highest BCUT2D eigenvalue weighted by Gasteiger charge is 2.07. The van der Waals surface area contributed by atoms with Crippen LogP contribution in [-0.2, 0) is 0 Å². The molecule has 0 bridgehead atoms. The van der Waals surface area contributed by atoms with Crippen molar-refractivity contribution in [3.05, 3.63) is 11.4 Å². The number of aliphatic hydroxyl groups is 1. The first-order valence-electron chi connectivity index (χ1n) is 5.12. The van der Waals surface area contributed by atoms with Crippen LogP contribution in [0.15, 0.2) is 0 Å². The van der Waals surface area contributed by atoms with E-state index in [1.54, 1.807) is 0 Å². The Labute approximate surface area is 90.0 Å². The lowest BCUT2D eigenvalue weighted by Gasteiger charge is -2.12. The van der Waals surface area contributed by atoms with Crippen molar-refractivity contribution in [3.8, 4) is 0 Å². The molecule has 0 spiro atoms. The standard InChI is InChI=1S/C10H18N4O/c1-4-11-9-7(2)10(12-5-6-15)14-8(3)13-9/h15H,4-6H2,1-3H3,(H2,11,12,13,14). The van der Waals surface area contributed by atoms with Gasteiger partial charge in [0, 0.05) is 18.7 Å². The predicted molar refractivity (Wildman–Crippen MR) is 61.2 cm³/mol. The van der Waals surface area contributed by atoms with Gasteiger partial charge < -0.3 is 15.7 Å². The second-order valence-corrected chi connectivity index (χ2v) is 3.27. The summed E-state index contributed by atoms with van der Waals surface area (Å²) in [5.41, 5.74) is 0.982. The molecule has 0 saturated carbocycles. The third kappa shape index (κ3) is 3.06. The first-order chi connectivity index (χ1) is 7.19. The number of aliphatic hydroxyl groups excluding tert-OH is 1. The topological polar surface area (TPSA) is 70.1 Å². The number of anilines is 2. The predicted octanol–water partition coefficient (Wildman–Crippen LogP) is 0.929. The minimum atomic E-state index is 0.0963. The number of hydrogen-bond acceptors (Lipinski definition) is 5. The minimum Gasteiger partial charge on any atom is -0.395 e. The van der Waals surface area contributed by atoms with Crippen molar-refractivity contribution in [3.63, 3.8) is 0 Å². The molecule has 1 aromatic rings. The molecule has 0 unspecified atom stereocenters. The van der Waals surface area contributed by atoms with Crippen LogP contribution in [-0.4, -0.2) is 34.8 Å². The van der Waals surface area contributed by atoms with Gasteiger partial charge in [-0.05, 0) is 20.8 Å². The molecule has 0 aromatic carbocycles. The Hall–Kier alpha value is -1.36. The van der Waals surface area contributed by atoms with E-state index < -0.39 is 0 Å². The largest absolute Gasteiger partial charge is 0.395 e. The number of rotatable bonds is 5. The molecule has 0 radical (unpaired) electrons. The second kappa shape index (κ2) is 5.50. The zero-order valence-electron chi connectivity index (χ0n) is 9.46. The lowest BCUT2D eigenvalue weighted by molar-refractivity contribution is 0.311. The third-order valence-corrected chi connectivity index (χ3v) is 2.01. The SMILES string of the molecule is CCNc1nc(C)nc(NCCO)c1C. The highest BCUT2D eigenvalue weighted by atomic mass is 16.3. The number of nitrogens with zero attached hydrogens (tertiary/aromatic N) is 2. The van der Waals surface area contributed by atoms with Crippen molar-refractivity contribution in [2.24, 2.45) is 0 Å². The molecule has 5 nitrogen and oxygen atoms in total. The highest BCUT2D eigenvalue weighted by molar-refractivity contribution is 5.57. The molecule has 0 atom stereocenters. The summed E-state index contributed by atoms with van der Waals surface area (Å²) >= 11 is 0. The van der Waals surface area contributed by atoms with Gasteiger partial charge in [-0.15, -0.1) is 0 Å². The average Bonchev–Trinajstić information content (AvgIpc) is 2.21. The maximum atomic E-state index is 8.74. The Balaban J connectivity index is 2.93. The van der Waals surface area contributed by atoms with Crippen LogP contribution in [0.4, 0.5) is 11.6 Å².